The monoisotopic (exact) mass is 390 g/mol. The second-order valence-corrected chi connectivity index (χ2v) is 9.01. The number of rotatable bonds is 3. The maximum absolute atomic E-state index is 12.1. The molecule has 1 aromatic heterocycles. The van der Waals surface area contributed by atoms with Crippen LogP contribution in [0.15, 0.2) is 12.3 Å². The lowest BCUT2D eigenvalue weighted by Gasteiger charge is -2.36. The lowest BCUT2D eigenvalue weighted by molar-refractivity contribution is 0.0240. The lowest BCUT2D eigenvalue weighted by atomic mass is 10.2. The van der Waals surface area contributed by atoms with Gasteiger partial charge in [-0.15, -0.1) is 0 Å². The van der Waals surface area contributed by atoms with Crippen molar-refractivity contribution in [3.63, 3.8) is 0 Å². The van der Waals surface area contributed by atoms with E-state index in [1.54, 1.807) is 4.90 Å². The van der Waals surface area contributed by atoms with E-state index >= 15 is 0 Å². The molecule has 2 heterocycles. The standard InChI is InChI=1S/C15H23ClN4O4S/c1-15(2,3)24-14(21)20-7-5-19(6-8-20)13-12(16)9-11(10-17-13)18-25(4,22)23/h9-10,18H,5-8H2,1-4H3. The number of amides is 1. The number of aromatic nitrogens is 1. The van der Waals surface area contributed by atoms with Crippen molar-refractivity contribution < 1.29 is 17.9 Å². The van der Waals surface area contributed by atoms with Crippen molar-refractivity contribution in [1.29, 1.82) is 0 Å². The van der Waals surface area contributed by atoms with Gasteiger partial charge in [0.05, 0.1) is 23.2 Å². The Morgan fingerprint density at radius 1 is 1.28 bits per heavy atom. The van der Waals surface area contributed by atoms with E-state index in [1.165, 1.54) is 12.3 Å². The van der Waals surface area contributed by atoms with Crippen molar-refractivity contribution in [3.8, 4) is 0 Å². The molecule has 0 aromatic carbocycles. The number of ether oxygens (including phenoxy) is 1. The third-order valence-corrected chi connectivity index (χ3v) is 4.24. The SMILES string of the molecule is CC(C)(C)OC(=O)N1CCN(c2ncc(NS(C)(=O)=O)cc2Cl)CC1. The van der Waals surface area contributed by atoms with Crippen molar-refractivity contribution in [2.75, 3.05) is 42.1 Å². The molecule has 0 unspecified atom stereocenters. The number of anilines is 2. The summed E-state index contributed by atoms with van der Waals surface area (Å²) in [4.78, 5) is 19.9. The summed E-state index contributed by atoms with van der Waals surface area (Å²) in [6, 6.07) is 1.52. The fraction of sp³-hybridized carbons (Fsp3) is 0.600. The van der Waals surface area contributed by atoms with E-state index in [9.17, 15) is 13.2 Å². The Labute approximate surface area is 153 Å². The van der Waals surface area contributed by atoms with Crippen LogP contribution in [0.2, 0.25) is 5.02 Å². The normalized spacial score (nSPS) is 15.9. The molecular formula is C15H23ClN4O4S. The van der Waals surface area contributed by atoms with Gasteiger partial charge in [0.2, 0.25) is 10.0 Å². The van der Waals surface area contributed by atoms with Gasteiger partial charge in [-0.2, -0.15) is 0 Å². The van der Waals surface area contributed by atoms with E-state index in [0.717, 1.165) is 6.26 Å². The molecule has 2 rings (SSSR count). The average Bonchev–Trinajstić information content (AvgIpc) is 2.44. The number of hydrogen-bond acceptors (Lipinski definition) is 6. The zero-order chi connectivity index (χ0) is 18.8. The highest BCUT2D eigenvalue weighted by Gasteiger charge is 2.27. The van der Waals surface area contributed by atoms with Crippen molar-refractivity contribution in [1.82, 2.24) is 9.88 Å². The van der Waals surface area contributed by atoms with E-state index in [2.05, 4.69) is 9.71 Å². The van der Waals surface area contributed by atoms with Crippen molar-refractivity contribution >= 4 is 39.2 Å². The van der Waals surface area contributed by atoms with Crippen LogP contribution in [0, 0.1) is 0 Å². The minimum absolute atomic E-state index is 0.309. The predicted molar refractivity (Wildman–Crippen MR) is 97.7 cm³/mol. The van der Waals surface area contributed by atoms with Crippen molar-refractivity contribution in [2.45, 2.75) is 26.4 Å². The molecule has 1 aromatic rings. The van der Waals surface area contributed by atoms with Gasteiger partial charge in [0.15, 0.2) is 0 Å². The molecule has 0 atom stereocenters. The fourth-order valence-corrected chi connectivity index (χ4v) is 3.19. The summed E-state index contributed by atoms with van der Waals surface area (Å²) in [5.41, 5.74) is -0.217. The summed E-state index contributed by atoms with van der Waals surface area (Å²) >= 11 is 6.23. The highest BCUT2D eigenvalue weighted by molar-refractivity contribution is 7.92. The Balaban J connectivity index is 2.00. The maximum atomic E-state index is 12.1. The van der Waals surface area contributed by atoms with Crippen LogP contribution in [-0.2, 0) is 14.8 Å². The number of pyridine rings is 1. The molecule has 10 heteroatoms. The van der Waals surface area contributed by atoms with Crippen LogP contribution < -0.4 is 9.62 Å². The number of nitrogens with zero attached hydrogens (tertiary/aromatic N) is 3. The fourth-order valence-electron chi connectivity index (χ4n) is 2.36. The van der Waals surface area contributed by atoms with Crippen molar-refractivity contribution in [2.24, 2.45) is 0 Å². The maximum Gasteiger partial charge on any atom is 0.410 e. The number of halogens is 1. The molecule has 0 aliphatic carbocycles. The van der Waals surface area contributed by atoms with Crippen LogP contribution in [0.5, 0.6) is 0 Å². The first-order valence-corrected chi connectivity index (χ1v) is 10.1. The van der Waals surface area contributed by atoms with E-state index < -0.39 is 15.6 Å². The van der Waals surface area contributed by atoms with Crippen LogP contribution in [0.1, 0.15) is 20.8 Å². The predicted octanol–water partition coefficient (Wildman–Crippen LogP) is 2.16. The minimum atomic E-state index is -3.38. The lowest BCUT2D eigenvalue weighted by Crippen LogP contribution is -2.50. The Kier molecular flexibility index (Phi) is 5.68. The van der Waals surface area contributed by atoms with Gasteiger partial charge < -0.3 is 14.5 Å². The highest BCUT2D eigenvalue weighted by atomic mass is 35.5. The molecule has 1 amide bonds. The summed E-state index contributed by atoms with van der Waals surface area (Å²) in [5.74, 6) is 0.560. The first-order chi connectivity index (χ1) is 11.4. The van der Waals surface area contributed by atoms with Gasteiger partial charge in [-0.25, -0.2) is 18.2 Å². The zero-order valence-corrected chi connectivity index (χ0v) is 16.3. The van der Waals surface area contributed by atoms with Gasteiger partial charge in [0.1, 0.15) is 11.4 Å². The van der Waals surface area contributed by atoms with E-state index in [-0.39, 0.29) is 6.09 Å². The number of carbonyl (C=O) groups excluding carboxylic acids is 1. The second kappa shape index (κ2) is 7.25. The second-order valence-electron chi connectivity index (χ2n) is 6.86. The minimum Gasteiger partial charge on any atom is -0.444 e. The molecule has 1 aliphatic heterocycles. The molecule has 1 saturated heterocycles. The smallest absolute Gasteiger partial charge is 0.410 e. The van der Waals surface area contributed by atoms with Crippen LogP contribution >= 0.6 is 11.6 Å². The number of carbonyl (C=O) groups is 1. The molecule has 0 saturated carbocycles. The summed E-state index contributed by atoms with van der Waals surface area (Å²) in [7, 11) is -3.38. The molecule has 1 N–H and O–H groups in total. The summed E-state index contributed by atoms with van der Waals surface area (Å²) in [6.45, 7) is 7.60. The molecule has 140 valence electrons. The number of piperazine rings is 1. The van der Waals surface area contributed by atoms with Gasteiger partial charge in [0, 0.05) is 26.2 Å². The molecular weight excluding hydrogens is 368 g/mol. The first-order valence-electron chi connectivity index (χ1n) is 7.81. The van der Waals surface area contributed by atoms with Crippen molar-refractivity contribution in [3.05, 3.63) is 17.3 Å². The van der Waals surface area contributed by atoms with Gasteiger partial charge in [0.25, 0.3) is 0 Å². The van der Waals surface area contributed by atoms with Gasteiger partial charge in [-0.1, -0.05) is 11.6 Å². The molecule has 0 bridgehead atoms. The van der Waals surface area contributed by atoms with Crippen LogP contribution in [0.4, 0.5) is 16.3 Å². The zero-order valence-electron chi connectivity index (χ0n) is 14.7. The Morgan fingerprint density at radius 3 is 2.36 bits per heavy atom. The van der Waals surface area contributed by atoms with E-state index in [4.69, 9.17) is 16.3 Å². The topological polar surface area (TPSA) is 91.8 Å². The van der Waals surface area contributed by atoms with Gasteiger partial charge in [-0.3, -0.25) is 4.72 Å². The van der Waals surface area contributed by atoms with E-state index in [0.29, 0.717) is 42.7 Å². The highest BCUT2D eigenvalue weighted by Crippen LogP contribution is 2.27. The van der Waals surface area contributed by atoms with Gasteiger partial charge >= 0.3 is 6.09 Å². The number of sulfonamides is 1. The molecule has 1 fully saturated rings. The summed E-state index contributed by atoms with van der Waals surface area (Å²) < 4.78 is 30.2. The van der Waals surface area contributed by atoms with E-state index in [1.807, 2.05) is 25.7 Å². The first kappa shape index (κ1) is 19.6. The molecule has 0 spiro atoms. The van der Waals surface area contributed by atoms with Crippen LogP contribution in [0.25, 0.3) is 0 Å². The molecule has 1 aliphatic rings. The quantitative estimate of drug-likeness (QED) is 0.850. The summed E-state index contributed by atoms with van der Waals surface area (Å²) in [5, 5.41) is 0.347. The molecule has 8 nitrogen and oxygen atoms in total. The average molecular weight is 391 g/mol. The third kappa shape index (κ3) is 5.93. The Morgan fingerprint density at radius 2 is 1.88 bits per heavy atom. The number of hydrogen-bond donors (Lipinski definition) is 1. The number of nitrogens with one attached hydrogen (secondary N) is 1. The van der Waals surface area contributed by atoms with Crippen LogP contribution in [-0.4, -0.2) is 62.4 Å². The van der Waals surface area contributed by atoms with Crippen LogP contribution in [0.3, 0.4) is 0 Å². The molecule has 0 radical (unpaired) electrons. The van der Waals surface area contributed by atoms with Gasteiger partial charge in [-0.05, 0) is 26.8 Å². The Bertz CT molecular complexity index is 740. The Hall–Kier alpha value is -1.74. The summed E-state index contributed by atoms with van der Waals surface area (Å²) in [6.07, 6.45) is 2.15. The largest absolute Gasteiger partial charge is 0.444 e. The molecule has 25 heavy (non-hydrogen) atoms. The third-order valence-electron chi connectivity index (χ3n) is 3.36.